The first-order valence-corrected chi connectivity index (χ1v) is 10.3. The second-order valence-corrected chi connectivity index (χ2v) is 8.50. The molecule has 8 heteroatoms. The third-order valence-corrected chi connectivity index (χ3v) is 6.54. The van der Waals surface area contributed by atoms with Gasteiger partial charge in [0.25, 0.3) is 0 Å². The Morgan fingerprint density at radius 3 is 2.58 bits per heavy atom. The Hall–Kier alpha value is -2.84. The van der Waals surface area contributed by atoms with Crippen LogP contribution in [0.1, 0.15) is 25.0 Å². The van der Waals surface area contributed by atoms with Crippen molar-refractivity contribution >= 4 is 16.9 Å². The molecule has 3 atom stereocenters. The Labute approximate surface area is 179 Å². The number of nitrogens with two attached hydrogens (primary N) is 1. The van der Waals surface area contributed by atoms with E-state index in [1.165, 1.54) is 18.5 Å². The van der Waals surface area contributed by atoms with E-state index in [0.29, 0.717) is 27.7 Å². The van der Waals surface area contributed by atoms with Crippen molar-refractivity contribution < 1.29 is 18.7 Å². The molecule has 1 saturated heterocycles. The van der Waals surface area contributed by atoms with E-state index in [1.54, 1.807) is 37.8 Å². The summed E-state index contributed by atoms with van der Waals surface area (Å²) in [6, 6.07) is 4.73. The summed E-state index contributed by atoms with van der Waals surface area (Å²) in [7, 11) is 0. The van der Waals surface area contributed by atoms with Gasteiger partial charge in [0.2, 0.25) is 5.91 Å². The molecule has 1 aliphatic rings. The molecule has 1 aliphatic heterocycles. The predicted octanol–water partition coefficient (Wildman–Crippen LogP) is 3.08. The van der Waals surface area contributed by atoms with Crippen molar-refractivity contribution in [3.63, 3.8) is 0 Å². The summed E-state index contributed by atoms with van der Waals surface area (Å²) >= 11 is 0. The van der Waals surface area contributed by atoms with Crippen LogP contribution >= 0.6 is 0 Å². The molecule has 1 fully saturated rings. The average molecular weight is 428 g/mol. The minimum atomic E-state index is -1.45. The Kier molecular flexibility index (Phi) is 5.31. The molecule has 1 amide bonds. The fourth-order valence-corrected chi connectivity index (χ4v) is 4.99. The smallest absolute Gasteiger partial charge is 0.236 e. The molecule has 1 aromatic carbocycles. The van der Waals surface area contributed by atoms with Crippen molar-refractivity contribution in [3.05, 3.63) is 53.4 Å². The molecule has 3 aromatic rings. The topological polar surface area (TPSA) is 95.2 Å². The zero-order valence-corrected chi connectivity index (χ0v) is 17.7. The van der Waals surface area contributed by atoms with Crippen LogP contribution in [0.25, 0.3) is 22.2 Å². The molecular formula is C23H26F2N4O2. The van der Waals surface area contributed by atoms with E-state index in [-0.39, 0.29) is 31.1 Å². The fourth-order valence-electron chi connectivity index (χ4n) is 4.99. The van der Waals surface area contributed by atoms with Gasteiger partial charge in [0.1, 0.15) is 17.1 Å². The lowest BCUT2D eigenvalue weighted by Gasteiger charge is -2.48. The molecule has 2 aromatic heterocycles. The van der Waals surface area contributed by atoms with E-state index < -0.39 is 29.1 Å². The van der Waals surface area contributed by atoms with Crippen LogP contribution in [-0.4, -0.2) is 45.5 Å². The van der Waals surface area contributed by atoms with Gasteiger partial charge in [-0.25, -0.2) is 13.8 Å². The number of aromatic amines is 1. The van der Waals surface area contributed by atoms with Gasteiger partial charge in [-0.3, -0.25) is 4.79 Å². The number of fused-ring (bicyclic) bond motifs is 1. The van der Waals surface area contributed by atoms with Gasteiger partial charge in [-0.15, -0.1) is 0 Å². The van der Waals surface area contributed by atoms with Crippen LogP contribution in [0.4, 0.5) is 8.78 Å². The number of aryl methyl sites for hydroxylation is 1. The summed E-state index contributed by atoms with van der Waals surface area (Å²) in [5.41, 5.74) is 6.23. The number of pyridine rings is 1. The molecule has 4 N–H and O–H groups in total. The maximum atomic E-state index is 15.5. The standard InChI is InChI=1S/C23H26F2N4O2/c1-12-6-15(16-4-5-27-22-20(16)18(25)9-28-22)7-17(24)21(12)23(31)13(2)10-29(11-14(23)3)19(30)8-26/h4-7,9,13-14,31H,8,10-11,26H2,1-3H3,(H,27,28)/t13-,14+,23-. The number of carbonyl (C=O) groups excluding carboxylic acids is 1. The summed E-state index contributed by atoms with van der Waals surface area (Å²) in [4.78, 5) is 20.6. The first-order valence-electron chi connectivity index (χ1n) is 10.3. The minimum absolute atomic E-state index is 0.101. The van der Waals surface area contributed by atoms with Crippen molar-refractivity contribution in [1.82, 2.24) is 14.9 Å². The zero-order chi connectivity index (χ0) is 22.5. The number of aromatic nitrogens is 2. The quantitative estimate of drug-likeness (QED) is 0.598. The van der Waals surface area contributed by atoms with Crippen LogP contribution in [0.2, 0.25) is 0 Å². The first kappa shape index (κ1) is 21.4. The Balaban J connectivity index is 1.79. The van der Waals surface area contributed by atoms with Crippen LogP contribution in [0.3, 0.4) is 0 Å². The molecule has 0 radical (unpaired) electrons. The Morgan fingerprint density at radius 2 is 1.97 bits per heavy atom. The number of amides is 1. The molecule has 31 heavy (non-hydrogen) atoms. The van der Waals surface area contributed by atoms with Crippen molar-refractivity contribution in [2.75, 3.05) is 19.6 Å². The molecule has 0 saturated carbocycles. The van der Waals surface area contributed by atoms with Gasteiger partial charge in [0.05, 0.1) is 11.9 Å². The van der Waals surface area contributed by atoms with E-state index in [0.717, 1.165) is 0 Å². The van der Waals surface area contributed by atoms with Gasteiger partial charge in [-0.1, -0.05) is 19.9 Å². The monoisotopic (exact) mass is 428 g/mol. The van der Waals surface area contributed by atoms with E-state index in [4.69, 9.17) is 5.73 Å². The van der Waals surface area contributed by atoms with Crippen LogP contribution in [0.5, 0.6) is 0 Å². The highest BCUT2D eigenvalue weighted by atomic mass is 19.1. The van der Waals surface area contributed by atoms with Crippen LogP contribution in [0, 0.1) is 30.4 Å². The SMILES string of the molecule is Cc1cc(-c2ccnc3[nH]cc(F)c23)cc(F)c1[C@@]1(O)[C@H](C)CN(C(=O)CN)C[C@@H]1C. The molecule has 0 unspecified atom stereocenters. The number of benzene rings is 1. The number of aliphatic hydroxyl groups is 1. The van der Waals surface area contributed by atoms with Crippen molar-refractivity contribution in [1.29, 1.82) is 0 Å². The van der Waals surface area contributed by atoms with Crippen molar-refractivity contribution in [2.45, 2.75) is 26.4 Å². The maximum absolute atomic E-state index is 15.5. The van der Waals surface area contributed by atoms with E-state index in [9.17, 15) is 14.3 Å². The van der Waals surface area contributed by atoms with Crippen LogP contribution in [-0.2, 0) is 10.4 Å². The van der Waals surface area contributed by atoms with Gasteiger partial charge in [0.15, 0.2) is 5.82 Å². The number of nitrogens with zero attached hydrogens (tertiary/aromatic N) is 2. The Bertz CT molecular complexity index is 1120. The number of hydrogen-bond acceptors (Lipinski definition) is 4. The lowest BCUT2D eigenvalue weighted by atomic mass is 9.69. The molecule has 6 nitrogen and oxygen atoms in total. The number of likely N-dealkylation sites (tertiary alicyclic amines) is 1. The highest BCUT2D eigenvalue weighted by Crippen LogP contribution is 2.45. The largest absolute Gasteiger partial charge is 0.384 e. The van der Waals surface area contributed by atoms with Gasteiger partial charge >= 0.3 is 0 Å². The normalized spacial score (nSPS) is 24.0. The summed E-state index contributed by atoms with van der Waals surface area (Å²) in [5, 5.41) is 12.0. The number of rotatable bonds is 3. The molecule has 164 valence electrons. The summed E-state index contributed by atoms with van der Waals surface area (Å²) in [6.45, 7) is 5.83. The lowest BCUT2D eigenvalue weighted by Crippen LogP contribution is -2.57. The summed E-state index contributed by atoms with van der Waals surface area (Å²) in [6.07, 6.45) is 2.76. The molecule has 3 heterocycles. The third kappa shape index (κ3) is 3.30. The van der Waals surface area contributed by atoms with E-state index >= 15 is 4.39 Å². The molecular weight excluding hydrogens is 402 g/mol. The number of halogens is 2. The van der Waals surface area contributed by atoms with E-state index in [2.05, 4.69) is 9.97 Å². The van der Waals surface area contributed by atoms with Crippen molar-refractivity contribution in [3.8, 4) is 11.1 Å². The third-order valence-electron chi connectivity index (χ3n) is 6.54. The molecule has 0 aliphatic carbocycles. The highest BCUT2D eigenvalue weighted by molar-refractivity contribution is 5.93. The molecule has 0 spiro atoms. The van der Waals surface area contributed by atoms with E-state index in [1.807, 2.05) is 0 Å². The summed E-state index contributed by atoms with van der Waals surface area (Å²) < 4.78 is 29.9. The number of H-pyrrole nitrogens is 1. The number of hydrogen-bond donors (Lipinski definition) is 3. The number of piperidine rings is 1. The Morgan fingerprint density at radius 1 is 1.29 bits per heavy atom. The number of carbonyl (C=O) groups is 1. The maximum Gasteiger partial charge on any atom is 0.236 e. The van der Waals surface area contributed by atoms with Crippen LogP contribution < -0.4 is 5.73 Å². The highest BCUT2D eigenvalue weighted by Gasteiger charge is 2.48. The van der Waals surface area contributed by atoms with Crippen LogP contribution in [0.15, 0.2) is 30.6 Å². The summed E-state index contributed by atoms with van der Waals surface area (Å²) in [5.74, 6) is -2.02. The van der Waals surface area contributed by atoms with Gasteiger partial charge in [-0.2, -0.15) is 0 Å². The second kappa shape index (κ2) is 7.69. The van der Waals surface area contributed by atoms with Crippen molar-refractivity contribution in [2.24, 2.45) is 17.6 Å². The first-order chi connectivity index (χ1) is 14.7. The lowest BCUT2D eigenvalue weighted by molar-refractivity contribution is -0.148. The second-order valence-electron chi connectivity index (χ2n) is 8.50. The fraction of sp³-hybridized carbons (Fsp3) is 0.391. The minimum Gasteiger partial charge on any atom is -0.384 e. The molecule has 4 rings (SSSR count). The average Bonchev–Trinajstić information content (AvgIpc) is 3.11. The predicted molar refractivity (Wildman–Crippen MR) is 114 cm³/mol. The molecule has 0 bridgehead atoms. The zero-order valence-electron chi connectivity index (χ0n) is 17.7. The van der Waals surface area contributed by atoms with Gasteiger partial charge in [0, 0.05) is 42.9 Å². The van der Waals surface area contributed by atoms with Gasteiger partial charge in [-0.05, 0) is 35.7 Å². The van der Waals surface area contributed by atoms with Gasteiger partial charge < -0.3 is 20.7 Å². The number of nitrogens with one attached hydrogen (secondary N) is 1.